The van der Waals surface area contributed by atoms with Crippen LogP contribution in [0.5, 0.6) is 0 Å². The lowest BCUT2D eigenvalue weighted by molar-refractivity contribution is -0.366. The van der Waals surface area contributed by atoms with Gasteiger partial charge in [0.25, 0.3) is 0 Å². The molecule has 4 atom stereocenters. The van der Waals surface area contributed by atoms with Crippen molar-refractivity contribution >= 4 is 17.6 Å². The lowest BCUT2D eigenvalue weighted by atomic mass is 9.88. The van der Waals surface area contributed by atoms with Crippen LogP contribution in [-0.4, -0.2) is 99.4 Å². The van der Waals surface area contributed by atoms with E-state index in [0.717, 1.165) is 4.90 Å². The molecule has 4 N–H and O–H groups in total. The van der Waals surface area contributed by atoms with E-state index in [1.807, 2.05) is 0 Å². The van der Waals surface area contributed by atoms with Crippen molar-refractivity contribution in [2.45, 2.75) is 50.4 Å². The average Bonchev–Trinajstić information content (AvgIpc) is 2.65. The van der Waals surface area contributed by atoms with E-state index in [-0.39, 0.29) is 37.9 Å². The molecule has 11 nitrogen and oxygen atoms in total. The van der Waals surface area contributed by atoms with Crippen molar-refractivity contribution in [2.24, 2.45) is 11.2 Å². The Bertz CT molecular complexity index is 528. The van der Waals surface area contributed by atoms with E-state index in [0.29, 0.717) is 11.4 Å². The number of methoxy groups -OCH3 is 1. The van der Waals surface area contributed by atoms with Crippen molar-refractivity contribution in [2.75, 3.05) is 39.3 Å². The normalized spacial score (nSPS) is 30.3. The summed E-state index contributed by atoms with van der Waals surface area (Å²) in [6.07, 6.45) is -3.64. The highest BCUT2D eigenvalue weighted by Crippen LogP contribution is 2.36. The zero-order valence-corrected chi connectivity index (χ0v) is 17.1. The number of amides is 2. The molecule has 1 fully saturated rings. The molecular weight excluding hydrogens is 398 g/mol. The Morgan fingerprint density at radius 3 is 2.50 bits per heavy atom. The van der Waals surface area contributed by atoms with Gasteiger partial charge in [-0.2, -0.15) is 5.01 Å². The Morgan fingerprint density at radius 1 is 1.36 bits per heavy atom. The zero-order valence-electron chi connectivity index (χ0n) is 16.3. The molecule has 0 aromatic rings. The van der Waals surface area contributed by atoms with Gasteiger partial charge in [0.1, 0.15) is 18.8 Å². The number of ether oxygens (including phenoxy) is 2. The van der Waals surface area contributed by atoms with Crippen LogP contribution in [-0.2, 0) is 9.47 Å². The van der Waals surface area contributed by atoms with Gasteiger partial charge in [-0.1, -0.05) is 13.8 Å². The summed E-state index contributed by atoms with van der Waals surface area (Å²) in [5.74, 6) is -2.38. The molecule has 1 rings (SSSR count). The highest BCUT2D eigenvalue weighted by atomic mass is 35.5. The molecular formula is C16H30ClN3O8. The second-order valence-corrected chi connectivity index (χ2v) is 7.56. The van der Waals surface area contributed by atoms with Crippen LogP contribution < -0.4 is 0 Å². The van der Waals surface area contributed by atoms with Crippen LogP contribution in [0, 0.1) is 10.8 Å². The fourth-order valence-electron chi connectivity index (χ4n) is 2.99. The average molecular weight is 428 g/mol. The lowest BCUT2D eigenvalue weighted by Crippen LogP contribution is -2.74. The van der Waals surface area contributed by atoms with Gasteiger partial charge < -0.3 is 29.9 Å². The van der Waals surface area contributed by atoms with E-state index in [9.17, 15) is 30.1 Å². The van der Waals surface area contributed by atoms with Crippen LogP contribution in [0.3, 0.4) is 0 Å². The van der Waals surface area contributed by atoms with E-state index < -0.39 is 36.4 Å². The summed E-state index contributed by atoms with van der Waals surface area (Å²) >= 11 is 5.57. The van der Waals surface area contributed by atoms with Gasteiger partial charge in [-0.25, -0.2) is 4.79 Å². The molecule has 0 spiro atoms. The molecule has 0 saturated carbocycles. The number of halogens is 1. The number of alkyl halides is 1. The number of aliphatic hydroxyl groups excluding tert-OH is 2. The third-order valence-corrected chi connectivity index (χ3v) is 4.68. The van der Waals surface area contributed by atoms with Gasteiger partial charge in [0.05, 0.1) is 11.8 Å². The molecule has 0 bridgehead atoms. The first-order valence-corrected chi connectivity index (χ1v) is 9.53. The summed E-state index contributed by atoms with van der Waals surface area (Å²) in [7, 11) is 1.47. The highest BCUT2D eigenvalue weighted by Gasteiger charge is 2.59. The molecule has 0 aliphatic carbocycles. The lowest BCUT2D eigenvalue weighted by Gasteiger charge is -2.52. The number of aliphatic hydroxyl groups is 4. The first-order chi connectivity index (χ1) is 13.1. The van der Waals surface area contributed by atoms with Gasteiger partial charge in [0.15, 0.2) is 11.5 Å². The fraction of sp³-hybridized carbons (Fsp3) is 0.938. The number of hydrogen-bond donors (Lipinski definition) is 4. The van der Waals surface area contributed by atoms with E-state index in [2.05, 4.69) is 5.29 Å². The number of nitroso groups, excluding NO2 is 1. The monoisotopic (exact) mass is 427 g/mol. The van der Waals surface area contributed by atoms with Crippen LogP contribution in [0.15, 0.2) is 5.29 Å². The molecule has 0 aromatic carbocycles. The van der Waals surface area contributed by atoms with Gasteiger partial charge in [0, 0.05) is 32.6 Å². The number of rotatable bonds is 10. The molecule has 1 saturated heterocycles. The minimum atomic E-state index is -2.40. The van der Waals surface area contributed by atoms with Crippen molar-refractivity contribution in [1.82, 2.24) is 9.91 Å². The largest absolute Gasteiger partial charge is 0.385 e. The van der Waals surface area contributed by atoms with E-state index in [1.54, 1.807) is 13.8 Å². The molecule has 1 heterocycles. The molecule has 2 amide bonds. The Hall–Kier alpha value is -1.08. The number of hydrogen-bond acceptors (Lipinski definition) is 9. The summed E-state index contributed by atoms with van der Waals surface area (Å²) in [5, 5.41) is 45.7. The number of carbonyl (C=O) groups excluding carboxylic acids is 1. The summed E-state index contributed by atoms with van der Waals surface area (Å²) in [5.41, 5.74) is -2.40. The van der Waals surface area contributed by atoms with Gasteiger partial charge in [-0.15, -0.1) is 16.5 Å². The highest BCUT2D eigenvalue weighted by molar-refractivity contribution is 6.18. The number of carbonyl (C=O) groups is 1. The van der Waals surface area contributed by atoms with Gasteiger partial charge >= 0.3 is 6.03 Å². The Morgan fingerprint density at radius 2 is 2.00 bits per heavy atom. The standard InChI is InChI=1S/C16H30ClN3O8/c1-11(2)9-19(14(23)20(18-26)7-6-17)15(24)10-28-16(25,5-4-8-27-3)13(22)12(15)21/h11-13,21-22,24-25H,4-10H2,1-3H3/t12-,13-,15-,16+/m1/s1. The van der Waals surface area contributed by atoms with Crippen molar-refractivity contribution in [3.63, 3.8) is 0 Å². The van der Waals surface area contributed by atoms with Crippen LogP contribution in [0.1, 0.15) is 26.7 Å². The van der Waals surface area contributed by atoms with Crippen LogP contribution >= 0.6 is 11.6 Å². The second-order valence-electron chi connectivity index (χ2n) is 7.18. The maximum absolute atomic E-state index is 12.7. The molecule has 0 unspecified atom stereocenters. The van der Waals surface area contributed by atoms with Crippen molar-refractivity contribution in [3.8, 4) is 0 Å². The molecule has 1 aliphatic rings. The topological polar surface area (TPSA) is 152 Å². The summed E-state index contributed by atoms with van der Waals surface area (Å²) in [6, 6.07) is -1.01. The smallest absolute Gasteiger partial charge is 0.345 e. The first-order valence-electron chi connectivity index (χ1n) is 8.99. The number of urea groups is 1. The van der Waals surface area contributed by atoms with E-state index >= 15 is 0 Å². The van der Waals surface area contributed by atoms with Crippen LogP contribution in [0.2, 0.25) is 0 Å². The van der Waals surface area contributed by atoms with E-state index in [4.69, 9.17) is 21.1 Å². The molecule has 12 heteroatoms. The minimum Gasteiger partial charge on any atom is -0.385 e. The Labute approximate surface area is 168 Å². The number of nitrogens with zero attached hydrogens (tertiary/aromatic N) is 3. The second kappa shape index (κ2) is 10.6. The van der Waals surface area contributed by atoms with Crippen molar-refractivity contribution in [3.05, 3.63) is 4.91 Å². The van der Waals surface area contributed by atoms with Crippen LogP contribution in [0.25, 0.3) is 0 Å². The molecule has 164 valence electrons. The quantitative estimate of drug-likeness (QED) is 0.123. The molecule has 28 heavy (non-hydrogen) atoms. The SMILES string of the molecule is COCCC[C@]1(O)OC[C@](O)(N(CC(C)C)C(=O)N(CCCl)N=O)[C@H](O)[C@H]1O. The predicted octanol–water partition coefficient (Wildman–Crippen LogP) is -0.158. The summed E-state index contributed by atoms with van der Waals surface area (Å²) < 4.78 is 10.2. The molecule has 0 radical (unpaired) electrons. The summed E-state index contributed by atoms with van der Waals surface area (Å²) in [6.45, 7) is 2.79. The third kappa shape index (κ3) is 5.50. The third-order valence-electron chi connectivity index (χ3n) is 4.51. The Balaban J connectivity index is 3.13. The summed E-state index contributed by atoms with van der Waals surface area (Å²) in [4.78, 5) is 24.5. The fourth-order valence-corrected chi connectivity index (χ4v) is 3.15. The first kappa shape index (κ1) is 25.0. The predicted molar refractivity (Wildman–Crippen MR) is 99.1 cm³/mol. The van der Waals surface area contributed by atoms with Crippen molar-refractivity contribution < 1.29 is 34.7 Å². The van der Waals surface area contributed by atoms with Crippen molar-refractivity contribution in [1.29, 1.82) is 0 Å². The molecule has 1 aliphatic heterocycles. The van der Waals surface area contributed by atoms with Gasteiger partial charge in [-0.05, 0) is 12.3 Å². The maximum atomic E-state index is 12.7. The van der Waals surface area contributed by atoms with Gasteiger partial charge in [0.2, 0.25) is 0 Å². The minimum absolute atomic E-state index is 0.0679. The Kier molecular flexibility index (Phi) is 9.47. The van der Waals surface area contributed by atoms with Crippen LogP contribution in [0.4, 0.5) is 4.79 Å². The maximum Gasteiger partial charge on any atom is 0.345 e. The molecule has 0 aromatic heterocycles. The van der Waals surface area contributed by atoms with E-state index in [1.165, 1.54) is 7.11 Å². The van der Waals surface area contributed by atoms with Gasteiger partial charge in [-0.3, -0.25) is 4.90 Å². The zero-order chi connectivity index (χ0) is 21.5.